The molecule has 0 amide bonds. The smallest absolute Gasteiger partial charge is 0.0802 e. The largest absolute Gasteiger partial charge is 0.396 e. The lowest BCUT2D eigenvalue weighted by atomic mass is 10.1. The maximum absolute atomic E-state index is 9.92. The van der Waals surface area contributed by atoms with Gasteiger partial charge in [-0.15, -0.1) is 11.8 Å². The summed E-state index contributed by atoms with van der Waals surface area (Å²) in [5, 5.41) is 17.8. The summed E-state index contributed by atoms with van der Waals surface area (Å²) in [4.78, 5) is 1.24. The first-order valence-electron chi connectivity index (χ1n) is 8.30. The second-order valence-electron chi connectivity index (χ2n) is 5.59. The van der Waals surface area contributed by atoms with Gasteiger partial charge in [0.25, 0.3) is 0 Å². The Morgan fingerprint density at radius 3 is 2.41 bits per heavy atom. The van der Waals surface area contributed by atoms with Crippen LogP contribution in [0.4, 0.5) is 0 Å². The Balaban J connectivity index is 0.000000980. The van der Waals surface area contributed by atoms with Crippen LogP contribution >= 0.6 is 11.8 Å². The van der Waals surface area contributed by atoms with E-state index in [1.54, 1.807) is 0 Å². The van der Waals surface area contributed by atoms with Gasteiger partial charge >= 0.3 is 0 Å². The summed E-state index contributed by atoms with van der Waals surface area (Å²) in [5.41, 5.74) is 6.45. The maximum atomic E-state index is 9.92. The number of nitrogens with two attached hydrogens (primary N) is 1. The number of hydrogen-bond donors (Lipinski definition) is 3. The Kier molecular flexibility index (Phi) is 13.7. The molecule has 1 rings (SSSR count). The Bertz CT molecular complexity index is 372. The van der Waals surface area contributed by atoms with E-state index in [0.29, 0.717) is 19.6 Å². The number of benzene rings is 1. The minimum Gasteiger partial charge on any atom is -0.396 e. The molecule has 0 heterocycles. The van der Waals surface area contributed by atoms with Gasteiger partial charge in [-0.1, -0.05) is 45.7 Å². The van der Waals surface area contributed by atoms with E-state index in [2.05, 4.69) is 26.0 Å². The zero-order chi connectivity index (χ0) is 16.8. The fourth-order valence-electron chi connectivity index (χ4n) is 1.95. The molecule has 0 saturated heterocycles. The molecule has 128 valence electrons. The number of thioether (sulfide) groups is 1. The lowest BCUT2D eigenvalue weighted by Gasteiger charge is -2.12. The van der Waals surface area contributed by atoms with E-state index < -0.39 is 6.10 Å². The average Bonchev–Trinajstić information content (AvgIpc) is 2.54. The van der Waals surface area contributed by atoms with Gasteiger partial charge in [0.2, 0.25) is 0 Å². The molecule has 4 heteroatoms. The van der Waals surface area contributed by atoms with E-state index in [-0.39, 0.29) is 0 Å². The van der Waals surface area contributed by atoms with E-state index in [1.807, 2.05) is 30.8 Å². The highest BCUT2D eigenvalue weighted by Crippen LogP contribution is 2.26. The minimum absolute atomic E-state index is 0.319. The van der Waals surface area contributed by atoms with Gasteiger partial charge in [-0.2, -0.15) is 0 Å². The number of aliphatic hydroxyl groups is 2. The van der Waals surface area contributed by atoms with E-state index in [4.69, 9.17) is 10.8 Å². The van der Waals surface area contributed by atoms with Crippen molar-refractivity contribution in [3.63, 3.8) is 0 Å². The zero-order valence-electron chi connectivity index (χ0n) is 14.3. The van der Waals surface area contributed by atoms with E-state index in [1.165, 1.54) is 17.7 Å². The topological polar surface area (TPSA) is 66.5 Å². The van der Waals surface area contributed by atoms with Crippen LogP contribution in [0.5, 0.6) is 0 Å². The first kappa shape index (κ1) is 21.4. The van der Waals surface area contributed by atoms with Crippen LogP contribution in [0, 0.1) is 5.92 Å². The molecule has 2 atom stereocenters. The van der Waals surface area contributed by atoms with E-state index in [0.717, 1.165) is 23.7 Å². The van der Waals surface area contributed by atoms with Crippen molar-refractivity contribution in [2.45, 2.75) is 57.5 Å². The van der Waals surface area contributed by atoms with Crippen LogP contribution in [0.25, 0.3) is 0 Å². The third kappa shape index (κ3) is 10.2. The first-order chi connectivity index (χ1) is 10.6. The van der Waals surface area contributed by atoms with Crippen LogP contribution in [0.2, 0.25) is 0 Å². The summed E-state index contributed by atoms with van der Waals surface area (Å²) in [7, 11) is 0. The lowest BCUT2D eigenvalue weighted by molar-refractivity contribution is 0.170. The molecular formula is C18H33NO2S. The molecule has 4 N–H and O–H groups in total. The van der Waals surface area contributed by atoms with Crippen molar-refractivity contribution >= 4 is 11.8 Å². The van der Waals surface area contributed by atoms with Crippen molar-refractivity contribution in [2.75, 3.05) is 18.9 Å². The molecule has 1 aromatic rings. The van der Waals surface area contributed by atoms with Crippen molar-refractivity contribution in [2.24, 2.45) is 11.7 Å². The van der Waals surface area contributed by atoms with Gasteiger partial charge in [-0.3, -0.25) is 0 Å². The van der Waals surface area contributed by atoms with E-state index in [9.17, 15) is 5.11 Å². The summed E-state index contributed by atoms with van der Waals surface area (Å²) >= 11 is 1.88. The summed E-state index contributed by atoms with van der Waals surface area (Å²) in [6, 6.07) is 8.19. The molecule has 3 nitrogen and oxygen atoms in total. The molecular weight excluding hydrogens is 294 g/mol. The van der Waals surface area contributed by atoms with Gasteiger partial charge < -0.3 is 15.9 Å². The molecule has 0 saturated carbocycles. The summed E-state index contributed by atoms with van der Waals surface area (Å²) in [5.74, 6) is 1.89. The molecule has 0 aliphatic carbocycles. The van der Waals surface area contributed by atoms with Crippen molar-refractivity contribution in [1.29, 1.82) is 0 Å². The zero-order valence-corrected chi connectivity index (χ0v) is 15.1. The van der Waals surface area contributed by atoms with Crippen molar-refractivity contribution in [3.05, 3.63) is 29.8 Å². The number of aliphatic hydroxyl groups excluding tert-OH is 2. The Morgan fingerprint density at radius 1 is 1.18 bits per heavy atom. The predicted molar refractivity (Wildman–Crippen MR) is 97.2 cm³/mol. The Morgan fingerprint density at radius 2 is 1.86 bits per heavy atom. The third-order valence-corrected chi connectivity index (χ3v) is 4.55. The SMILES string of the molecule is CCCC(C)CSc1cccc(C(O)CCN)c1.CCCO. The Labute approximate surface area is 140 Å². The molecule has 0 fully saturated rings. The van der Waals surface area contributed by atoms with Crippen LogP contribution < -0.4 is 5.73 Å². The standard InChI is InChI=1S/C15H25NOS.C3H8O/c1-3-5-12(2)11-18-14-7-4-6-13(10-14)15(17)8-9-16;1-2-3-4/h4,6-7,10,12,15,17H,3,5,8-9,11,16H2,1-2H3;4H,2-3H2,1H3. The number of rotatable bonds is 9. The summed E-state index contributed by atoms with van der Waals surface area (Å²) < 4.78 is 0. The van der Waals surface area contributed by atoms with Crippen LogP contribution in [-0.4, -0.2) is 29.1 Å². The summed E-state index contributed by atoms with van der Waals surface area (Å²) in [6.45, 7) is 7.29. The predicted octanol–water partition coefficient (Wildman–Crippen LogP) is 3.99. The van der Waals surface area contributed by atoms with Gasteiger partial charge in [0.1, 0.15) is 0 Å². The lowest BCUT2D eigenvalue weighted by Crippen LogP contribution is -2.06. The number of hydrogen-bond acceptors (Lipinski definition) is 4. The van der Waals surface area contributed by atoms with Gasteiger partial charge in [-0.25, -0.2) is 0 Å². The molecule has 0 bridgehead atoms. The third-order valence-electron chi connectivity index (χ3n) is 3.22. The second-order valence-corrected chi connectivity index (χ2v) is 6.69. The molecule has 1 aromatic carbocycles. The monoisotopic (exact) mass is 327 g/mol. The highest BCUT2D eigenvalue weighted by Gasteiger charge is 2.08. The maximum Gasteiger partial charge on any atom is 0.0802 e. The molecule has 0 spiro atoms. The fraction of sp³-hybridized carbons (Fsp3) is 0.667. The van der Waals surface area contributed by atoms with Gasteiger partial charge in [0, 0.05) is 17.3 Å². The molecule has 0 aliphatic heterocycles. The van der Waals surface area contributed by atoms with Gasteiger partial charge in [-0.05, 0) is 43.0 Å². The highest BCUT2D eigenvalue weighted by atomic mass is 32.2. The minimum atomic E-state index is -0.427. The Hall–Kier alpha value is -0.550. The highest BCUT2D eigenvalue weighted by molar-refractivity contribution is 7.99. The first-order valence-corrected chi connectivity index (χ1v) is 9.29. The van der Waals surface area contributed by atoms with E-state index >= 15 is 0 Å². The van der Waals surface area contributed by atoms with Crippen LogP contribution in [0.15, 0.2) is 29.2 Å². The average molecular weight is 328 g/mol. The molecule has 0 radical (unpaired) electrons. The molecule has 22 heavy (non-hydrogen) atoms. The second kappa shape index (κ2) is 14.1. The summed E-state index contributed by atoms with van der Waals surface area (Å²) in [6.07, 6.45) is 3.60. The molecule has 0 aliphatic rings. The van der Waals surface area contributed by atoms with Crippen LogP contribution in [-0.2, 0) is 0 Å². The van der Waals surface area contributed by atoms with Crippen molar-refractivity contribution in [1.82, 2.24) is 0 Å². The normalized spacial score (nSPS) is 13.2. The van der Waals surface area contributed by atoms with Gasteiger partial charge in [0.15, 0.2) is 0 Å². The van der Waals surface area contributed by atoms with Crippen molar-refractivity contribution in [3.8, 4) is 0 Å². The van der Waals surface area contributed by atoms with Crippen molar-refractivity contribution < 1.29 is 10.2 Å². The quantitative estimate of drug-likeness (QED) is 0.600. The van der Waals surface area contributed by atoms with Gasteiger partial charge in [0.05, 0.1) is 6.10 Å². The van der Waals surface area contributed by atoms with Crippen LogP contribution in [0.3, 0.4) is 0 Å². The molecule has 2 unspecified atom stereocenters. The van der Waals surface area contributed by atoms with Crippen LogP contribution in [0.1, 0.15) is 58.1 Å². The molecule has 0 aromatic heterocycles. The fourth-order valence-corrected chi connectivity index (χ4v) is 2.99.